The highest BCUT2D eigenvalue weighted by molar-refractivity contribution is 7.93. The Bertz CT molecular complexity index is 734. The lowest BCUT2D eigenvalue weighted by atomic mass is 9.99. The van der Waals surface area contributed by atoms with Crippen LogP contribution in [-0.4, -0.2) is 38.8 Å². The quantitative estimate of drug-likeness (QED) is 0.744. The number of rotatable bonds is 5. The molecule has 24 heavy (non-hydrogen) atoms. The number of carbonyl (C=O) groups excluding carboxylic acids is 1. The molecule has 1 aromatic carbocycles. The number of benzene rings is 1. The van der Waals surface area contributed by atoms with Crippen LogP contribution < -0.4 is 15.2 Å². The Labute approximate surface area is 149 Å². The van der Waals surface area contributed by atoms with Gasteiger partial charge in [0.15, 0.2) is 9.84 Å². The third-order valence-corrected chi connectivity index (χ3v) is 6.29. The Morgan fingerprint density at radius 3 is 2.58 bits per heavy atom. The fourth-order valence-electron chi connectivity index (χ4n) is 2.52. The van der Waals surface area contributed by atoms with Gasteiger partial charge in [-0.3, -0.25) is 0 Å². The smallest absolute Gasteiger partial charge is 0.548 e. The van der Waals surface area contributed by atoms with Crippen molar-refractivity contribution in [1.82, 2.24) is 5.32 Å². The molecule has 2 rings (SSSR count). The van der Waals surface area contributed by atoms with E-state index in [9.17, 15) is 18.3 Å². The van der Waals surface area contributed by atoms with E-state index in [0.29, 0.717) is 18.7 Å². The summed E-state index contributed by atoms with van der Waals surface area (Å²) in [6.45, 7) is 2.34. The number of carboxylic acids is 1. The summed E-state index contributed by atoms with van der Waals surface area (Å²) in [6.07, 6.45) is 0.499. The van der Waals surface area contributed by atoms with Gasteiger partial charge < -0.3 is 20.0 Å². The molecule has 0 spiro atoms. The van der Waals surface area contributed by atoms with Crippen LogP contribution in [0.1, 0.15) is 21.2 Å². The molecule has 0 saturated carbocycles. The molecule has 1 fully saturated rings. The molecule has 8 heteroatoms. The minimum Gasteiger partial charge on any atom is -0.548 e. The van der Waals surface area contributed by atoms with Crippen molar-refractivity contribution in [2.24, 2.45) is 0 Å². The van der Waals surface area contributed by atoms with E-state index >= 15 is 0 Å². The van der Waals surface area contributed by atoms with E-state index < -0.39 is 20.6 Å². The average Bonchev–Trinajstić information content (AvgIpc) is 2.56. The summed E-state index contributed by atoms with van der Waals surface area (Å²) in [7, 11) is -4.07. The van der Waals surface area contributed by atoms with E-state index in [2.05, 4.69) is 17.2 Å². The third kappa shape index (κ3) is 3.83. The van der Waals surface area contributed by atoms with Crippen molar-refractivity contribution >= 4 is 28.2 Å². The van der Waals surface area contributed by atoms with Crippen LogP contribution in [0.15, 0.2) is 29.2 Å². The summed E-state index contributed by atoms with van der Waals surface area (Å²) in [5, 5.41) is 14.4. The zero-order valence-corrected chi connectivity index (χ0v) is 14.8. The molecular formula is C16H20ClNO5S. The predicted molar refractivity (Wildman–Crippen MR) is 90.8 cm³/mol. The number of halogens is 1. The van der Waals surface area contributed by atoms with Crippen molar-refractivity contribution in [2.75, 3.05) is 19.7 Å². The number of carboxylic acid groups (broad SMARTS) is 1. The Morgan fingerprint density at radius 1 is 1.42 bits per heavy atom. The van der Waals surface area contributed by atoms with E-state index in [1.165, 1.54) is 24.3 Å². The van der Waals surface area contributed by atoms with Crippen LogP contribution in [0.3, 0.4) is 0 Å². The molecule has 132 valence electrons. The molecule has 1 heterocycles. The first-order valence-electron chi connectivity index (χ1n) is 7.23. The monoisotopic (exact) mass is 373 g/mol. The zero-order valence-electron chi connectivity index (χ0n) is 14.2. The van der Waals surface area contributed by atoms with Gasteiger partial charge in [-0.1, -0.05) is 5.92 Å². The van der Waals surface area contributed by atoms with Crippen molar-refractivity contribution in [3.63, 3.8) is 0 Å². The highest BCUT2D eigenvalue weighted by atomic mass is 35.5. The number of carbonyl (C=O) groups is 1. The van der Waals surface area contributed by atoms with Crippen LogP contribution in [0.5, 0.6) is 5.75 Å². The van der Waals surface area contributed by atoms with E-state index in [-0.39, 0.29) is 38.3 Å². The van der Waals surface area contributed by atoms with E-state index in [0.717, 1.165) is 0 Å². The number of ether oxygens (including phenoxy) is 1. The van der Waals surface area contributed by atoms with Crippen molar-refractivity contribution in [3.05, 3.63) is 24.3 Å². The van der Waals surface area contributed by atoms with Gasteiger partial charge >= 0.3 is 1.43 Å². The highest BCUT2D eigenvalue weighted by Crippen LogP contribution is 2.32. The number of sulfone groups is 1. The molecule has 1 aliphatic heterocycles. The van der Waals surface area contributed by atoms with E-state index in [1.54, 1.807) is 6.92 Å². The lowest BCUT2D eigenvalue weighted by molar-refractivity contribution is -0.309. The maximum Gasteiger partial charge on any atom is 1.00 e. The minimum atomic E-state index is -4.07. The van der Waals surface area contributed by atoms with Gasteiger partial charge in [0.1, 0.15) is 17.1 Å². The van der Waals surface area contributed by atoms with Gasteiger partial charge in [0.25, 0.3) is 0 Å². The number of nitrogens with one attached hydrogen (secondary N) is 1. The van der Waals surface area contributed by atoms with Gasteiger partial charge in [0.2, 0.25) is 0 Å². The second-order valence-corrected chi connectivity index (χ2v) is 7.51. The predicted octanol–water partition coefficient (Wildman–Crippen LogP) is 0.269. The second kappa shape index (κ2) is 8.38. The molecule has 1 N–H and O–H groups in total. The number of piperidine rings is 1. The summed E-state index contributed by atoms with van der Waals surface area (Å²) < 4.78 is 29.0. The third-order valence-electron chi connectivity index (χ3n) is 3.85. The molecule has 0 bridgehead atoms. The normalized spacial score (nSPS) is 20.2. The van der Waals surface area contributed by atoms with Crippen LogP contribution in [0.25, 0.3) is 0 Å². The second-order valence-electron chi connectivity index (χ2n) is 5.25. The SMILES string of the molecule is CC#CCOc1ccc(S(=O)(=O)C2(C(=O)[O-])CCCNC2)cc1.Cl.[H+]. The first kappa shape index (κ1) is 20.3. The van der Waals surface area contributed by atoms with Gasteiger partial charge in [-0.2, -0.15) is 0 Å². The molecule has 1 aliphatic rings. The molecule has 1 aromatic rings. The number of hydrogen-bond donors (Lipinski definition) is 1. The molecular weight excluding hydrogens is 354 g/mol. The van der Waals surface area contributed by atoms with Crippen LogP contribution in [0.4, 0.5) is 0 Å². The Morgan fingerprint density at radius 2 is 2.08 bits per heavy atom. The molecule has 1 unspecified atom stereocenters. The first-order valence-corrected chi connectivity index (χ1v) is 8.71. The average molecular weight is 374 g/mol. The molecule has 0 radical (unpaired) electrons. The lowest BCUT2D eigenvalue weighted by Crippen LogP contribution is -2.61. The fourth-order valence-corrected chi connectivity index (χ4v) is 4.39. The van der Waals surface area contributed by atoms with Gasteiger partial charge in [0.05, 0.1) is 10.9 Å². The first-order chi connectivity index (χ1) is 10.9. The molecule has 0 amide bonds. The summed E-state index contributed by atoms with van der Waals surface area (Å²) >= 11 is 0. The number of aliphatic carboxylic acids is 1. The van der Waals surface area contributed by atoms with E-state index in [4.69, 9.17) is 4.74 Å². The van der Waals surface area contributed by atoms with Crippen molar-refractivity contribution in [3.8, 4) is 17.6 Å². The molecule has 0 aromatic heterocycles. The van der Waals surface area contributed by atoms with Crippen molar-refractivity contribution < 1.29 is 24.5 Å². The van der Waals surface area contributed by atoms with Gasteiger partial charge in [0, 0.05) is 6.54 Å². The largest absolute Gasteiger partial charge is 1.00 e. The van der Waals surface area contributed by atoms with Gasteiger partial charge in [-0.15, -0.1) is 18.3 Å². The summed E-state index contributed by atoms with van der Waals surface area (Å²) in [4.78, 5) is 11.5. The zero-order chi connectivity index (χ0) is 16.9. The van der Waals surface area contributed by atoms with Crippen molar-refractivity contribution in [2.45, 2.75) is 29.4 Å². The molecule has 1 atom stereocenters. The topological polar surface area (TPSA) is 95.5 Å². The van der Waals surface area contributed by atoms with Crippen LogP contribution in [0.2, 0.25) is 0 Å². The number of hydrogen-bond acceptors (Lipinski definition) is 6. The van der Waals surface area contributed by atoms with Crippen LogP contribution >= 0.6 is 12.4 Å². The molecule has 0 aliphatic carbocycles. The maximum atomic E-state index is 12.8. The summed E-state index contributed by atoms with van der Waals surface area (Å²) in [5.74, 6) is 4.32. The highest BCUT2D eigenvalue weighted by Gasteiger charge is 2.47. The summed E-state index contributed by atoms with van der Waals surface area (Å²) in [5.41, 5.74) is 0. The van der Waals surface area contributed by atoms with Crippen LogP contribution in [-0.2, 0) is 14.6 Å². The van der Waals surface area contributed by atoms with Gasteiger partial charge in [-0.25, -0.2) is 8.42 Å². The van der Waals surface area contributed by atoms with Gasteiger partial charge in [-0.05, 0) is 50.6 Å². The Balaban J connectivity index is 0.00000288. The van der Waals surface area contributed by atoms with Crippen molar-refractivity contribution in [1.29, 1.82) is 0 Å². The summed E-state index contributed by atoms with van der Waals surface area (Å²) in [6, 6.07) is 5.68. The molecule has 6 nitrogen and oxygen atoms in total. The van der Waals surface area contributed by atoms with E-state index in [1.807, 2.05) is 0 Å². The van der Waals surface area contributed by atoms with Crippen LogP contribution in [0, 0.1) is 11.8 Å². The Hall–Kier alpha value is -1.75. The Kier molecular flexibility index (Phi) is 7.08. The minimum absolute atomic E-state index is 0. The lowest BCUT2D eigenvalue weighted by Gasteiger charge is -2.37. The maximum absolute atomic E-state index is 12.8. The standard InChI is InChI=1S/C16H19NO5S.ClH/c1-2-3-11-22-13-5-7-14(8-6-13)23(20,21)16(15(18)19)9-4-10-17-12-16;/h5-8,17H,4,9-12H2,1H3,(H,18,19);1H. The fraction of sp³-hybridized carbons (Fsp3) is 0.438. The molecule has 1 saturated heterocycles.